The maximum Gasteiger partial charge on any atom is 0.326 e. The van der Waals surface area contributed by atoms with E-state index in [1.54, 1.807) is 0 Å². The summed E-state index contributed by atoms with van der Waals surface area (Å²) in [5.74, 6) is -1.56. The van der Waals surface area contributed by atoms with E-state index in [0.717, 1.165) is 4.90 Å². The number of aliphatic hydroxyl groups is 1. The maximum atomic E-state index is 12.1. The zero-order valence-electron chi connectivity index (χ0n) is 9.48. The van der Waals surface area contributed by atoms with Crippen LogP contribution < -0.4 is 0 Å². The van der Waals surface area contributed by atoms with E-state index >= 15 is 0 Å². The number of aliphatic hydroxyl groups excluding tert-OH is 1. The van der Waals surface area contributed by atoms with Crippen LogP contribution in [0.3, 0.4) is 0 Å². The van der Waals surface area contributed by atoms with Gasteiger partial charge in [-0.25, -0.2) is 4.79 Å². The molecule has 0 saturated carbocycles. The number of hydrogen-bond donors (Lipinski definition) is 3. The molecule has 1 aliphatic heterocycles. The van der Waals surface area contributed by atoms with Gasteiger partial charge in [0.05, 0.1) is 6.10 Å². The Balaban J connectivity index is 2.22. The van der Waals surface area contributed by atoms with E-state index in [-0.39, 0.29) is 24.3 Å². The summed E-state index contributed by atoms with van der Waals surface area (Å²) in [5.41, 5.74) is 0.285. The van der Waals surface area contributed by atoms with Gasteiger partial charge in [-0.2, -0.15) is 0 Å². The molecule has 6 heteroatoms. The summed E-state index contributed by atoms with van der Waals surface area (Å²) < 4.78 is 0. The first kappa shape index (κ1) is 12.4. The minimum atomic E-state index is -1.13. The molecule has 0 spiro atoms. The lowest BCUT2D eigenvalue weighted by molar-refractivity contribution is -0.141. The topological polar surface area (TPSA) is 98.1 Å². The van der Waals surface area contributed by atoms with E-state index in [9.17, 15) is 14.7 Å². The average molecular weight is 251 g/mol. The minimum Gasteiger partial charge on any atom is -0.508 e. The molecule has 1 saturated heterocycles. The van der Waals surface area contributed by atoms with Gasteiger partial charge in [0, 0.05) is 18.5 Å². The van der Waals surface area contributed by atoms with Crippen molar-refractivity contribution in [2.75, 3.05) is 6.54 Å². The number of carboxylic acid groups (broad SMARTS) is 1. The third-order valence-electron chi connectivity index (χ3n) is 2.94. The van der Waals surface area contributed by atoms with Crippen LogP contribution in [-0.4, -0.2) is 50.8 Å². The highest BCUT2D eigenvalue weighted by Crippen LogP contribution is 2.21. The zero-order valence-corrected chi connectivity index (χ0v) is 9.48. The lowest BCUT2D eigenvalue weighted by Crippen LogP contribution is -2.40. The molecule has 0 aromatic heterocycles. The summed E-state index contributed by atoms with van der Waals surface area (Å²) in [7, 11) is 0. The molecule has 1 unspecified atom stereocenters. The largest absolute Gasteiger partial charge is 0.508 e. The van der Waals surface area contributed by atoms with Crippen LogP contribution in [0.2, 0.25) is 0 Å². The second-order valence-corrected chi connectivity index (χ2v) is 4.25. The first-order valence-corrected chi connectivity index (χ1v) is 5.50. The number of carboxylic acids is 1. The van der Waals surface area contributed by atoms with E-state index in [1.807, 2.05) is 0 Å². The van der Waals surface area contributed by atoms with E-state index in [1.165, 1.54) is 24.3 Å². The number of carbonyl (C=O) groups is 2. The number of amides is 1. The molecule has 6 nitrogen and oxygen atoms in total. The third-order valence-corrected chi connectivity index (χ3v) is 2.94. The van der Waals surface area contributed by atoms with E-state index in [2.05, 4.69) is 0 Å². The van der Waals surface area contributed by atoms with Gasteiger partial charge in [-0.1, -0.05) is 0 Å². The standard InChI is InChI=1S/C12H13NO5/c14-8-3-1-7(2-4-8)11(16)13-6-9(15)5-10(13)12(17)18/h1-4,9-10,14-15H,5-6H2,(H,17,18)/t9?,10-/m0/s1. The van der Waals surface area contributed by atoms with Crippen LogP contribution in [-0.2, 0) is 4.79 Å². The van der Waals surface area contributed by atoms with Crippen LogP contribution in [0, 0.1) is 0 Å². The van der Waals surface area contributed by atoms with E-state index in [4.69, 9.17) is 10.2 Å². The molecular weight excluding hydrogens is 238 g/mol. The number of benzene rings is 1. The summed E-state index contributed by atoms with van der Waals surface area (Å²) in [6.45, 7) is 0.0106. The fourth-order valence-corrected chi connectivity index (χ4v) is 2.04. The van der Waals surface area contributed by atoms with Crippen molar-refractivity contribution in [3.8, 4) is 5.75 Å². The number of β-amino-alcohol motifs (C(OH)–C–C–N with tert-alkyl or cyclic N) is 1. The zero-order chi connectivity index (χ0) is 13.3. The fourth-order valence-electron chi connectivity index (χ4n) is 2.04. The van der Waals surface area contributed by atoms with E-state index < -0.39 is 24.0 Å². The molecule has 1 aliphatic rings. The van der Waals surface area contributed by atoms with Crippen LogP contribution in [0.15, 0.2) is 24.3 Å². The van der Waals surface area contributed by atoms with Crippen molar-refractivity contribution in [3.63, 3.8) is 0 Å². The van der Waals surface area contributed by atoms with Gasteiger partial charge in [0.1, 0.15) is 11.8 Å². The number of carbonyl (C=O) groups excluding carboxylic acids is 1. The van der Waals surface area contributed by atoms with Crippen molar-refractivity contribution in [3.05, 3.63) is 29.8 Å². The Morgan fingerprint density at radius 1 is 1.22 bits per heavy atom. The Morgan fingerprint density at radius 3 is 2.39 bits per heavy atom. The molecular formula is C12H13NO5. The smallest absolute Gasteiger partial charge is 0.326 e. The molecule has 1 fully saturated rings. The molecule has 1 aromatic carbocycles. The summed E-state index contributed by atoms with van der Waals surface area (Å²) in [5, 5.41) is 27.6. The molecule has 0 radical (unpaired) electrons. The number of rotatable bonds is 2. The minimum absolute atomic E-state index is 0.0106. The highest BCUT2D eigenvalue weighted by molar-refractivity contribution is 5.97. The molecule has 2 atom stereocenters. The van der Waals surface area contributed by atoms with Crippen LogP contribution in [0.4, 0.5) is 0 Å². The molecule has 1 heterocycles. The maximum absolute atomic E-state index is 12.1. The molecule has 0 bridgehead atoms. The molecule has 3 N–H and O–H groups in total. The average Bonchev–Trinajstić information content (AvgIpc) is 2.71. The van der Waals surface area contributed by atoms with Gasteiger partial charge in [-0.05, 0) is 24.3 Å². The number of aliphatic carboxylic acids is 1. The Morgan fingerprint density at radius 2 is 1.83 bits per heavy atom. The Hall–Kier alpha value is -2.08. The fraction of sp³-hybridized carbons (Fsp3) is 0.333. The van der Waals surface area contributed by atoms with Crippen molar-refractivity contribution >= 4 is 11.9 Å². The molecule has 18 heavy (non-hydrogen) atoms. The summed E-state index contributed by atoms with van der Waals surface area (Å²) in [4.78, 5) is 24.2. The predicted molar refractivity (Wildman–Crippen MR) is 61.2 cm³/mol. The van der Waals surface area contributed by atoms with Crippen molar-refractivity contribution in [2.45, 2.75) is 18.6 Å². The molecule has 1 amide bonds. The Kier molecular flexibility index (Phi) is 3.20. The predicted octanol–water partition coefficient (Wildman–Crippen LogP) is 0.0522. The number of phenols is 1. The van der Waals surface area contributed by atoms with Crippen LogP contribution in [0.25, 0.3) is 0 Å². The molecule has 1 aromatic rings. The van der Waals surface area contributed by atoms with Crippen molar-refractivity contribution in [1.29, 1.82) is 0 Å². The Labute approximate surface area is 103 Å². The number of likely N-dealkylation sites (tertiary alicyclic amines) is 1. The summed E-state index contributed by atoms with van der Waals surface area (Å²) in [6.07, 6.45) is -0.772. The first-order chi connectivity index (χ1) is 8.49. The quantitative estimate of drug-likeness (QED) is 0.690. The van der Waals surface area contributed by atoms with Gasteiger partial charge in [0.25, 0.3) is 5.91 Å². The first-order valence-electron chi connectivity index (χ1n) is 5.50. The van der Waals surface area contributed by atoms with Crippen LogP contribution in [0.1, 0.15) is 16.8 Å². The number of hydrogen-bond acceptors (Lipinski definition) is 4. The highest BCUT2D eigenvalue weighted by atomic mass is 16.4. The second kappa shape index (κ2) is 4.66. The van der Waals surface area contributed by atoms with Gasteiger partial charge in [-0.3, -0.25) is 4.79 Å². The van der Waals surface area contributed by atoms with Gasteiger partial charge in [0.15, 0.2) is 0 Å². The lowest BCUT2D eigenvalue weighted by Gasteiger charge is -2.21. The Bertz CT molecular complexity index is 470. The SMILES string of the molecule is O=C(O)[C@@H]1CC(O)CN1C(=O)c1ccc(O)cc1. The monoisotopic (exact) mass is 251 g/mol. The molecule has 0 aliphatic carbocycles. The van der Waals surface area contributed by atoms with Gasteiger partial charge < -0.3 is 20.2 Å². The van der Waals surface area contributed by atoms with Crippen molar-refractivity contribution in [1.82, 2.24) is 4.90 Å². The highest BCUT2D eigenvalue weighted by Gasteiger charge is 2.39. The van der Waals surface area contributed by atoms with E-state index in [0.29, 0.717) is 0 Å². The molecule has 96 valence electrons. The lowest BCUT2D eigenvalue weighted by atomic mass is 10.1. The number of aromatic hydroxyl groups is 1. The van der Waals surface area contributed by atoms with Crippen molar-refractivity contribution < 1.29 is 24.9 Å². The van der Waals surface area contributed by atoms with Crippen molar-refractivity contribution in [2.24, 2.45) is 0 Å². The number of phenolic OH excluding ortho intramolecular Hbond substituents is 1. The van der Waals surface area contributed by atoms with Crippen LogP contribution >= 0.6 is 0 Å². The number of nitrogens with zero attached hydrogens (tertiary/aromatic N) is 1. The van der Waals surface area contributed by atoms with Gasteiger partial charge >= 0.3 is 5.97 Å². The van der Waals surface area contributed by atoms with Crippen LogP contribution in [0.5, 0.6) is 5.75 Å². The summed E-state index contributed by atoms with van der Waals surface area (Å²) >= 11 is 0. The third kappa shape index (κ3) is 2.28. The normalized spacial score (nSPS) is 23.1. The molecule has 2 rings (SSSR count). The summed E-state index contributed by atoms with van der Waals surface area (Å²) in [6, 6.07) is 4.55. The van der Waals surface area contributed by atoms with Gasteiger partial charge in [-0.15, -0.1) is 0 Å². The van der Waals surface area contributed by atoms with Gasteiger partial charge in [0.2, 0.25) is 0 Å². The second-order valence-electron chi connectivity index (χ2n) is 4.25.